The molecule has 7 N–H and O–H groups in total. The van der Waals surface area contributed by atoms with Crippen LogP contribution in [0.3, 0.4) is 0 Å². The molecule has 5 unspecified atom stereocenters. The summed E-state index contributed by atoms with van der Waals surface area (Å²) in [7, 11) is 0. The molecule has 0 saturated heterocycles. The van der Waals surface area contributed by atoms with Crippen molar-refractivity contribution in [1.82, 2.24) is 5.32 Å². The van der Waals surface area contributed by atoms with Crippen molar-refractivity contribution in [3.63, 3.8) is 0 Å². The Hall–Kier alpha value is -0.280. The van der Waals surface area contributed by atoms with Gasteiger partial charge in [0.25, 0.3) is 0 Å². The molecule has 0 bridgehead atoms. The van der Waals surface area contributed by atoms with Crippen LogP contribution in [0.25, 0.3) is 0 Å². The molecule has 4 aliphatic carbocycles. The summed E-state index contributed by atoms with van der Waals surface area (Å²) in [5.74, 6) is 3.91. The first kappa shape index (κ1) is 48.4. The van der Waals surface area contributed by atoms with E-state index < -0.39 is 0 Å². The van der Waals surface area contributed by atoms with E-state index in [1.54, 1.807) is 0 Å². The lowest BCUT2D eigenvalue weighted by atomic mass is 9.43. The molecular formula is C49H96N4O3. The molecule has 4 aliphatic rings. The Morgan fingerprint density at radius 3 is 1.80 bits per heavy atom. The highest BCUT2D eigenvalue weighted by Gasteiger charge is 2.66. The summed E-state index contributed by atoms with van der Waals surface area (Å²) >= 11 is 0. The van der Waals surface area contributed by atoms with Gasteiger partial charge in [-0.3, -0.25) is 0 Å². The van der Waals surface area contributed by atoms with Gasteiger partial charge in [0.1, 0.15) is 0 Å². The Labute approximate surface area is 347 Å². The molecule has 4 fully saturated rings. The Bertz CT molecular complexity index is 1000. The van der Waals surface area contributed by atoms with Gasteiger partial charge in [-0.1, -0.05) is 111 Å². The van der Waals surface area contributed by atoms with Crippen LogP contribution >= 0.6 is 0 Å². The first-order valence-electron chi connectivity index (χ1n) is 25.0. The Morgan fingerprint density at radius 1 is 0.607 bits per heavy atom. The molecule has 7 nitrogen and oxygen atoms in total. The number of ether oxygens (including phenoxy) is 3. The SMILES string of the molecule is CCCCCCCCCCCCCCCCNCCCC(C)[C@H]1CC[C@H]2C3[C@H](OCCCN)CC4C[C@H](OCCCN)CCC4(C)[C@H]3C[C@H](OCCCN)C12C. The van der Waals surface area contributed by atoms with Crippen molar-refractivity contribution in [1.29, 1.82) is 0 Å². The summed E-state index contributed by atoms with van der Waals surface area (Å²) < 4.78 is 20.5. The van der Waals surface area contributed by atoms with Gasteiger partial charge in [-0.05, 0) is 157 Å². The minimum Gasteiger partial charge on any atom is -0.378 e. The van der Waals surface area contributed by atoms with E-state index in [4.69, 9.17) is 31.4 Å². The first-order chi connectivity index (χ1) is 27.3. The van der Waals surface area contributed by atoms with Gasteiger partial charge in [0.15, 0.2) is 0 Å². The molecule has 0 aromatic carbocycles. The Morgan fingerprint density at radius 2 is 1.18 bits per heavy atom. The number of hydrogen-bond acceptors (Lipinski definition) is 7. The Balaban J connectivity index is 1.26. The van der Waals surface area contributed by atoms with Crippen LogP contribution < -0.4 is 22.5 Å². The van der Waals surface area contributed by atoms with Crippen molar-refractivity contribution in [2.45, 2.75) is 213 Å². The van der Waals surface area contributed by atoms with Crippen molar-refractivity contribution in [2.75, 3.05) is 52.5 Å². The lowest BCUT2D eigenvalue weighted by Gasteiger charge is -2.65. The van der Waals surface area contributed by atoms with Crippen LogP contribution in [0.4, 0.5) is 0 Å². The summed E-state index contributed by atoms with van der Waals surface area (Å²) in [6, 6.07) is 0. The number of rotatable bonds is 32. The lowest BCUT2D eigenvalue weighted by Crippen LogP contribution is -2.63. The third-order valence-corrected chi connectivity index (χ3v) is 16.2. The molecule has 0 aromatic heterocycles. The van der Waals surface area contributed by atoms with Crippen molar-refractivity contribution < 1.29 is 14.2 Å². The van der Waals surface area contributed by atoms with Crippen LogP contribution in [0, 0.1) is 46.3 Å². The van der Waals surface area contributed by atoms with Gasteiger partial charge in [-0.2, -0.15) is 0 Å². The highest BCUT2D eigenvalue weighted by Crippen LogP contribution is 2.69. The average Bonchev–Trinajstić information content (AvgIpc) is 3.56. The first-order valence-corrected chi connectivity index (χ1v) is 25.0. The minimum absolute atomic E-state index is 0.179. The van der Waals surface area contributed by atoms with Crippen molar-refractivity contribution in [2.24, 2.45) is 63.5 Å². The number of fused-ring (bicyclic) bond motifs is 5. The molecule has 0 radical (unpaired) electrons. The highest BCUT2D eigenvalue weighted by atomic mass is 16.5. The van der Waals surface area contributed by atoms with E-state index in [2.05, 4.69) is 33.0 Å². The zero-order chi connectivity index (χ0) is 40.1. The molecule has 56 heavy (non-hydrogen) atoms. The van der Waals surface area contributed by atoms with E-state index in [0.717, 1.165) is 52.0 Å². The highest BCUT2D eigenvalue weighted by molar-refractivity contribution is 5.15. The van der Waals surface area contributed by atoms with Gasteiger partial charge in [0, 0.05) is 25.2 Å². The van der Waals surface area contributed by atoms with Crippen molar-refractivity contribution >= 4 is 0 Å². The van der Waals surface area contributed by atoms with Gasteiger partial charge in [0.05, 0.1) is 18.3 Å². The fraction of sp³-hybridized carbons (Fsp3) is 1.00. The van der Waals surface area contributed by atoms with Crippen molar-refractivity contribution in [3.8, 4) is 0 Å². The van der Waals surface area contributed by atoms with Gasteiger partial charge in [-0.25, -0.2) is 0 Å². The van der Waals surface area contributed by atoms with Gasteiger partial charge in [-0.15, -0.1) is 0 Å². The fourth-order valence-corrected chi connectivity index (χ4v) is 12.9. The third-order valence-electron chi connectivity index (χ3n) is 16.2. The number of unbranched alkanes of at least 4 members (excludes halogenated alkanes) is 13. The summed E-state index contributed by atoms with van der Waals surface area (Å²) in [6.45, 7) is 17.0. The van der Waals surface area contributed by atoms with Crippen LogP contribution in [0.5, 0.6) is 0 Å². The summed E-state index contributed by atoms with van der Waals surface area (Å²) in [6.07, 6.45) is 35.0. The van der Waals surface area contributed by atoms with E-state index in [0.29, 0.717) is 78.9 Å². The van der Waals surface area contributed by atoms with Crippen LogP contribution in [0.15, 0.2) is 0 Å². The average molecular weight is 789 g/mol. The molecule has 4 rings (SSSR count). The third kappa shape index (κ3) is 13.9. The summed E-state index contributed by atoms with van der Waals surface area (Å²) in [5, 5.41) is 3.82. The van der Waals surface area contributed by atoms with E-state index in [1.165, 1.54) is 148 Å². The molecule has 11 atom stereocenters. The fourth-order valence-electron chi connectivity index (χ4n) is 12.9. The maximum atomic E-state index is 7.07. The van der Waals surface area contributed by atoms with Crippen LogP contribution in [0.1, 0.15) is 195 Å². The van der Waals surface area contributed by atoms with Gasteiger partial charge in [0.2, 0.25) is 0 Å². The maximum absolute atomic E-state index is 7.07. The number of nitrogens with one attached hydrogen (secondary N) is 1. The summed E-state index contributed by atoms with van der Waals surface area (Å²) in [4.78, 5) is 0. The lowest BCUT2D eigenvalue weighted by molar-refractivity contribution is -0.227. The molecule has 0 aliphatic heterocycles. The largest absolute Gasteiger partial charge is 0.378 e. The second-order valence-electron chi connectivity index (χ2n) is 19.9. The maximum Gasteiger partial charge on any atom is 0.0637 e. The van der Waals surface area contributed by atoms with E-state index in [1.807, 2.05) is 0 Å². The summed E-state index contributed by atoms with van der Waals surface area (Å²) in [5.41, 5.74) is 18.3. The van der Waals surface area contributed by atoms with Crippen molar-refractivity contribution in [3.05, 3.63) is 0 Å². The predicted molar refractivity (Wildman–Crippen MR) is 238 cm³/mol. The zero-order valence-electron chi connectivity index (χ0n) is 37.7. The quantitative estimate of drug-likeness (QED) is 0.0501. The number of hydrogen-bond donors (Lipinski definition) is 4. The van der Waals surface area contributed by atoms with E-state index in [-0.39, 0.29) is 5.41 Å². The molecule has 330 valence electrons. The second-order valence-corrected chi connectivity index (χ2v) is 19.9. The van der Waals surface area contributed by atoms with E-state index >= 15 is 0 Å². The monoisotopic (exact) mass is 789 g/mol. The molecule has 7 heteroatoms. The molecular weight excluding hydrogens is 693 g/mol. The molecule has 0 heterocycles. The van der Waals surface area contributed by atoms with Crippen LogP contribution in [0.2, 0.25) is 0 Å². The molecule has 0 spiro atoms. The van der Waals surface area contributed by atoms with Crippen LogP contribution in [-0.4, -0.2) is 70.9 Å². The normalized spacial score (nSPS) is 33.3. The van der Waals surface area contributed by atoms with Crippen LogP contribution in [-0.2, 0) is 14.2 Å². The molecule has 0 amide bonds. The Kier molecular flexibility index (Phi) is 23.2. The minimum atomic E-state index is 0.179. The predicted octanol–water partition coefficient (Wildman–Crippen LogP) is 10.6. The zero-order valence-corrected chi connectivity index (χ0v) is 37.7. The van der Waals surface area contributed by atoms with Gasteiger partial charge < -0.3 is 36.7 Å². The smallest absolute Gasteiger partial charge is 0.0637 e. The molecule has 0 aromatic rings. The van der Waals surface area contributed by atoms with Gasteiger partial charge >= 0.3 is 0 Å². The number of nitrogens with two attached hydrogens (primary N) is 3. The molecule has 4 saturated carbocycles. The second kappa shape index (κ2) is 26.8. The topological polar surface area (TPSA) is 118 Å². The van der Waals surface area contributed by atoms with E-state index in [9.17, 15) is 0 Å². The standard InChI is InChI=1S/C49H96N4O3/c1-5-6-7-8-9-10-11-12-13-14-15-16-17-18-31-53-32-19-23-39(2)42-24-25-43-47-44(38-46(49(42,43)4)56-35-22-30-52)48(3)27-26-41(54-33-20-28-50)36-40(48)37-45(47)55-34-21-29-51/h39-47,53H,5-38,50-52H2,1-4H3/t39?,40?,41-,42-,43+,44+,45-,46+,47?,48?,49?/m1/s1.